The molecule has 0 radical (unpaired) electrons. The molecule has 1 fully saturated rings. The molecule has 0 spiro atoms. The largest absolute Gasteiger partial charge is 0.396 e. The van der Waals surface area contributed by atoms with Crippen molar-refractivity contribution in [3.8, 4) is 0 Å². The van der Waals surface area contributed by atoms with Crippen LogP contribution in [0.15, 0.2) is 22.7 Å². The standard InChI is InChI=1S/C14H21BrN2O/c1-16-8-12-7-13(15)4-5-14(12)17-6-2-3-11(9-17)10-18/h4-5,7,11,16,18H,2-3,6,8-10H2,1H3. The minimum Gasteiger partial charge on any atom is -0.396 e. The highest BCUT2D eigenvalue weighted by molar-refractivity contribution is 9.10. The van der Waals surface area contributed by atoms with Crippen LogP contribution in [-0.4, -0.2) is 31.9 Å². The van der Waals surface area contributed by atoms with Crippen molar-refractivity contribution in [1.82, 2.24) is 5.32 Å². The van der Waals surface area contributed by atoms with E-state index in [0.717, 1.165) is 30.5 Å². The monoisotopic (exact) mass is 312 g/mol. The predicted octanol–water partition coefficient (Wildman–Crippen LogP) is 2.38. The fourth-order valence-electron chi connectivity index (χ4n) is 2.63. The van der Waals surface area contributed by atoms with Crippen molar-refractivity contribution >= 4 is 21.6 Å². The number of anilines is 1. The van der Waals surface area contributed by atoms with E-state index in [9.17, 15) is 5.11 Å². The molecule has 2 N–H and O–H groups in total. The van der Waals surface area contributed by atoms with Gasteiger partial charge in [0.1, 0.15) is 0 Å². The van der Waals surface area contributed by atoms with Gasteiger partial charge >= 0.3 is 0 Å². The van der Waals surface area contributed by atoms with Crippen LogP contribution in [0.3, 0.4) is 0 Å². The third kappa shape index (κ3) is 3.25. The third-order valence-corrected chi connectivity index (χ3v) is 4.02. The van der Waals surface area contributed by atoms with Crippen LogP contribution in [0.25, 0.3) is 0 Å². The molecular formula is C14H21BrN2O. The predicted molar refractivity (Wildman–Crippen MR) is 78.9 cm³/mol. The van der Waals surface area contributed by atoms with Crippen LogP contribution in [-0.2, 0) is 6.54 Å². The summed E-state index contributed by atoms with van der Waals surface area (Å²) < 4.78 is 1.12. The molecule has 1 saturated heterocycles. The first kappa shape index (κ1) is 13.8. The second-order valence-electron chi connectivity index (χ2n) is 4.94. The minimum absolute atomic E-state index is 0.300. The molecule has 1 aliphatic heterocycles. The summed E-state index contributed by atoms with van der Waals surface area (Å²) in [4.78, 5) is 2.41. The molecule has 4 heteroatoms. The second kappa shape index (κ2) is 6.55. The van der Waals surface area contributed by atoms with Crippen molar-refractivity contribution in [1.29, 1.82) is 0 Å². The average Bonchev–Trinajstić information content (AvgIpc) is 2.39. The Kier molecular flexibility index (Phi) is 5.03. The Bertz CT molecular complexity index is 397. The molecule has 18 heavy (non-hydrogen) atoms. The Labute approximate surface area is 117 Å². The molecule has 100 valence electrons. The SMILES string of the molecule is CNCc1cc(Br)ccc1N1CCCC(CO)C1. The zero-order chi connectivity index (χ0) is 13.0. The lowest BCUT2D eigenvalue weighted by atomic mass is 9.97. The highest BCUT2D eigenvalue weighted by atomic mass is 79.9. The average molecular weight is 313 g/mol. The third-order valence-electron chi connectivity index (χ3n) is 3.53. The van der Waals surface area contributed by atoms with Crippen molar-refractivity contribution in [3.63, 3.8) is 0 Å². The van der Waals surface area contributed by atoms with Gasteiger partial charge in [-0.15, -0.1) is 0 Å². The van der Waals surface area contributed by atoms with Gasteiger partial charge in [-0.2, -0.15) is 0 Å². The van der Waals surface area contributed by atoms with Crippen molar-refractivity contribution in [3.05, 3.63) is 28.2 Å². The summed E-state index contributed by atoms with van der Waals surface area (Å²) in [6.07, 6.45) is 2.31. The number of benzene rings is 1. The van der Waals surface area contributed by atoms with E-state index in [1.54, 1.807) is 0 Å². The van der Waals surface area contributed by atoms with E-state index >= 15 is 0 Å². The van der Waals surface area contributed by atoms with E-state index < -0.39 is 0 Å². The molecule has 2 rings (SSSR count). The first-order valence-electron chi connectivity index (χ1n) is 6.53. The zero-order valence-electron chi connectivity index (χ0n) is 10.8. The minimum atomic E-state index is 0.300. The van der Waals surface area contributed by atoms with Crippen LogP contribution in [0.4, 0.5) is 5.69 Å². The molecular weight excluding hydrogens is 292 g/mol. The Hall–Kier alpha value is -0.580. The van der Waals surface area contributed by atoms with Crippen LogP contribution in [0.5, 0.6) is 0 Å². The van der Waals surface area contributed by atoms with Gasteiger partial charge < -0.3 is 15.3 Å². The molecule has 0 saturated carbocycles. The summed E-state index contributed by atoms with van der Waals surface area (Å²) in [5, 5.41) is 12.5. The van der Waals surface area contributed by atoms with Gasteiger partial charge in [0.15, 0.2) is 0 Å². The number of aliphatic hydroxyl groups is 1. The van der Waals surface area contributed by atoms with Crippen LogP contribution in [0, 0.1) is 5.92 Å². The van der Waals surface area contributed by atoms with Gasteiger partial charge in [-0.05, 0) is 49.6 Å². The number of aliphatic hydroxyl groups excluding tert-OH is 1. The van der Waals surface area contributed by atoms with Crippen molar-refractivity contribution in [2.45, 2.75) is 19.4 Å². The highest BCUT2D eigenvalue weighted by Crippen LogP contribution is 2.28. The van der Waals surface area contributed by atoms with E-state index in [2.05, 4.69) is 44.3 Å². The molecule has 1 unspecified atom stereocenters. The quantitative estimate of drug-likeness (QED) is 0.896. The molecule has 1 heterocycles. The fourth-order valence-corrected chi connectivity index (χ4v) is 3.04. The highest BCUT2D eigenvalue weighted by Gasteiger charge is 2.21. The Morgan fingerprint density at radius 3 is 3.06 bits per heavy atom. The normalized spacial score (nSPS) is 20.2. The topological polar surface area (TPSA) is 35.5 Å². The van der Waals surface area contributed by atoms with E-state index in [-0.39, 0.29) is 0 Å². The van der Waals surface area contributed by atoms with E-state index in [4.69, 9.17) is 0 Å². The summed E-state index contributed by atoms with van der Waals surface area (Å²) in [5.74, 6) is 0.421. The van der Waals surface area contributed by atoms with Gasteiger partial charge in [0.2, 0.25) is 0 Å². The lowest BCUT2D eigenvalue weighted by Crippen LogP contribution is -2.37. The van der Waals surface area contributed by atoms with Gasteiger partial charge in [0.05, 0.1) is 0 Å². The molecule has 1 atom stereocenters. The number of rotatable bonds is 4. The van der Waals surface area contributed by atoms with Gasteiger partial charge in [0, 0.05) is 36.4 Å². The smallest absolute Gasteiger partial charge is 0.0476 e. The number of halogens is 1. The number of nitrogens with zero attached hydrogens (tertiary/aromatic N) is 1. The first-order chi connectivity index (χ1) is 8.74. The van der Waals surface area contributed by atoms with Crippen LogP contribution >= 0.6 is 15.9 Å². The molecule has 1 aromatic carbocycles. The molecule has 0 aromatic heterocycles. The second-order valence-corrected chi connectivity index (χ2v) is 5.86. The summed E-state index contributed by atoms with van der Waals surface area (Å²) in [6.45, 7) is 3.23. The number of hydrogen-bond donors (Lipinski definition) is 2. The van der Waals surface area contributed by atoms with Crippen molar-refractivity contribution in [2.24, 2.45) is 5.92 Å². The van der Waals surface area contributed by atoms with E-state index in [1.807, 2.05) is 7.05 Å². The Morgan fingerprint density at radius 1 is 1.50 bits per heavy atom. The lowest BCUT2D eigenvalue weighted by Gasteiger charge is -2.35. The zero-order valence-corrected chi connectivity index (χ0v) is 12.4. The van der Waals surface area contributed by atoms with Gasteiger partial charge in [-0.1, -0.05) is 15.9 Å². The molecule has 3 nitrogen and oxygen atoms in total. The maximum Gasteiger partial charge on any atom is 0.0476 e. The van der Waals surface area contributed by atoms with E-state index in [0.29, 0.717) is 12.5 Å². The number of hydrogen-bond acceptors (Lipinski definition) is 3. The lowest BCUT2D eigenvalue weighted by molar-refractivity contribution is 0.208. The van der Waals surface area contributed by atoms with Crippen LogP contribution in [0.1, 0.15) is 18.4 Å². The summed E-state index contributed by atoms with van der Waals surface area (Å²) in [7, 11) is 1.97. The number of nitrogens with one attached hydrogen (secondary N) is 1. The Balaban J connectivity index is 2.20. The van der Waals surface area contributed by atoms with Gasteiger partial charge in [-0.3, -0.25) is 0 Å². The summed E-state index contributed by atoms with van der Waals surface area (Å²) in [6, 6.07) is 6.45. The Morgan fingerprint density at radius 2 is 2.33 bits per heavy atom. The molecule has 0 amide bonds. The van der Waals surface area contributed by atoms with Crippen molar-refractivity contribution < 1.29 is 5.11 Å². The van der Waals surface area contributed by atoms with Gasteiger partial charge in [-0.25, -0.2) is 0 Å². The van der Waals surface area contributed by atoms with E-state index in [1.165, 1.54) is 17.7 Å². The molecule has 1 aliphatic rings. The first-order valence-corrected chi connectivity index (χ1v) is 7.32. The summed E-state index contributed by atoms with van der Waals surface area (Å²) in [5.41, 5.74) is 2.61. The maximum absolute atomic E-state index is 9.33. The molecule has 1 aromatic rings. The fraction of sp³-hybridized carbons (Fsp3) is 0.571. The number of piperidine rings is 1. The van der Waals surface area contributed by atoms with Gasteiger partial charge in [0.25, 0.3) is 0 Å². The van der Waals surface area contributed by atoms with Crippen LogP contribution < -0.4 is 10.2 Å². The summed E-state index contributed by atoms with van der Waals surface area (Å²) >= 11 is 3.53. The molecule has 0 bridgehead atoms. The van der Waals surface area contributed by atoms with Crippen LogP contribution in [0.2, 0.25) is 0 Å². The maximum atomic E-state index is 9.33. The van der Waals surface area contributed by atoms with Crippen molar-refractivity contribution in [2.75, 3.05) is 31.6 Å². The molecule has 0 aliphatic carbocycles.